The van der Waals surface area contributed by atoms with E-state index in [1.807, 2.05) is 23.5 Å². The first-order chi connectivity index (χ1) is 31.2. The van der Waals surface area contributed by atoms with E-state index in [9.17, 15) is 0 Å². The summed E-state index contributed by atoms with van der Waals surface area (Å²) in [5.74, 6) is 0. The lowest BCUT2D eigenvalue weighted by molar-refractivity contribution is 0.670. The zero-order valence-corrected chi connectivity index (χ0v) is 34.9. The SMILES string of the molecule is c1ccc(-c2cccc3c2sc2c(N(c4ccc(-c5cccc6ccccc56)cc4)c4ccc5c(ccc6cc(-c7cccc8c7oc7ccccc78)ccc65)c4)cccc23)cc1. The number of benzene rings is 11. The summed E-state index contributed by atoms with van der Waals surface area (Å²) in [6.45, 7) is 0. The summed E-state index contributed by atoms with van der Waals surface area (Å²) < 4.78 is 9.01. The monoisotopic (exact) mass is 819 g/mol. The molecule has 0 fully saturated rings. The molecule has 0 atom stereocenters. The Bertz CT molecular complexity index is 3910. The quantitative estimate of drug-likeness (QED) is 0.155. The summed E-state index contributed by atoms with van der Waals surface area (Å²) in [6, 6.07) is 81.7. The van der Waals surface area contributed by atoms with E-state index in [-0.39, 0.29) is 0 Å². The van der Waals surface area contributed by atoms with Crippen LogP contribution in [0.25, 0.3) is 108 Å². The average molecular weight is 820 g/mol. The fraction of sp³-hybridized carbons (Fsp3) is 0. The summed E-state index contributed by atoms with van der Waals surface area (Å²) in [5.41, 5.74) is 12.4. The molecule has 294 valence electrons. The predicted molar refractivity (Wildman–Crippen MR) is 270 cm³/mol. The molecule has 0 N–H and O–H groups in total. The number of hydrogen-bond donors (Lipinski definition) is 0. The van der Waals surface area contributed by atoms with Crippen molar-refractivity contribution >= 4 is 103 Å². The Kier molecular flexibility index (Phi) is 8.12. The molecule has 13 rings (SSSR count). The van der Waals surface area contributed by atoms with Crippen molar-refractivity contribution in [3.8, 4) is 33.4 Å². The van der Waals surface area contributed by atoms with Gasteiger partial charge in [-0.05, 0) is 103 Å². The number of para-hydroxylation sites is 2. The normalized spacial score (nSPS) is 11.8. The van der Waals surface area contributed by atoms with E-state index in [0.717, 1.165) is 50.1 Å². The smallest absolute Gasteiger partial charge is 0.143 e. The molecular formula is C60H37NOS. The standard InChI is InChI=1S/C60H37NOS/c1-2-12-39(13-3-1)51-20-10-22-54-55-23-11-24-56(60(55)63-59(51)54)61(44-31-28-40(29-32-44)47-18-8-15-38-14-4-5-16-46(38)47)45-33-35-49-43(37-45)27-26-41-36-42(30-34-48(41)49)50-19-9-21-53-52-17-6-7-25-57(52)62-58(50)53/h1-37H. The fourth-order valence-electron chi connectivity index (χ4n) is 9.86. The van der Waals surface area contributed by atoms with E-state index in [2.05, 4.69) is 217 Å². The Morgan fingerprint density at radius 1 is 0.317 bits per heavy atom. The first-order valence-corrected chi connectivity index (χ1v) is 22.3. The molecule has 0 unspecified atom stereocenters. The van der Waals surface area contributed by atoms with Crippen molar-refractivity contribution < 1.29 is 4.42 Å². The molecular weight excluding hydrogens is 783 g/mol. The summed E-state index contributed by atoms with van der Waals surface area (Å²) in [6.07, 6.45) is 0. The van der Waals surface area contributed by atoms with Gasteiger partial charge in [0.05, 0.1) is 10.4 Å². The molecule has 0 aliphatic rings. The molecule has 11 aromatic carbocycles. The van der Waals surface area contributed by atoms with Gasteiger partial charge in [0.25, 0.3) is 0 Å². The Hall–Kier alpha value is -7.98. The zero-order valence-electron chi connectivity index (χ0n) is 34.1. The lowest BCUT2D eigenvalue weighted by atomic mass is 9.96. The number of fused-ring (bicyclic) bond motifs is 10. The molecule has 0 spiro atoms. The first kappa shape index (κ1) is 35.7. The van der Waals surface area contributed by atoms with Crippen molar-refractivity contribution in [2.45, 2.75) is 0 Å². The molecule has 2 aromatic heterocycles. The Balaban J connectivity index is 0.965. The second-order valence-corrected chi connectivity index (χ2v) is 17.4. The van der Waals surface area contributed by atoms with Crippen molar-refractivity contribution in [3.63, 3.8) is 0 Å². The number of furan rings is 1. The lowest BCUT2D eigenvalue weighted by Gasteiger charge is -2.27. The van der Waals surface area contributed by atoms with Crippen LogP contribution in [-0.4, -0.2) is 0 Å². The second kappa shape index (κ2) is 14.3. The van der Waals surface area contributed by atoms with Crippen LogP contribution in [-0.2, 0) is 0 Å². The summed E-state index contributed by atoms with van der Waals surface area (Å²) in [4.78, 5) is 2.45. The predicted octanol–water partition coefficient (Wildman–Crippen LogP) is 17.9. The zero-order chi connectivity index (χ0) is 41.4. The maximum atomic E-state index is 6.44. The minimum Gasteiger partial charge on any atom is -0.455 e. The molecule has 63 heavy (non-hydrogen) atoms. The number of thiophene rings is 1. The van der Waals surface area contributed by atoms with Crippen LogP contribution in [0.5, 0.6) is 0 Å². The third kappa shape index (κ3) is 5.78. The van der Waals surface area contributed by atoms with Gasteiger partial charge in [-0.2, -0.15) is 0 Å². The molecule has 0 aliphatic heterocycles. The van der Waals surface area contributed by atoms with Crippen molar-refractivity contribution in [2.24, 2.45) is 0 Å². The van der Waals surface area contributed by atoms with Gasteiger partial charge in [0.2, 0.25) is 0 Å². The molecule has 0 saturated carbocycles. The molecule has 0 saturated heterocycles. The summed E-state index contributed by atoms with van der Waals surface area (Å²) in [5, 5.41) is 12.2. The van der Waals surface area contributed by atoms with Crippen molar-refractivity contribution in [1.82, 2.24) is 0 Å². The fourth-order valence-corrected chi connectivity index (χ4v) is 11.2. The first-order valence-electron chi connectivity index (χ1n) is 21.5. The van der Waals surface area contributed by atoms with Crippen molar-refractivity contribution in [3.05, 3.63) is 224 Å². The molecule has 0 bridgehead atoms. The number of anilines is 3. The Morgan fingerprint density at radius 3 is 1.76 bits per heavy atom. The topological polar surface area (TPSA) is 16.4 Å². The summed E-state index contributed by atoms with van der Waals surface area (Å²) in [7, 11) is 0. The van der Waals surface area contributed by atoms with Gasteiger partial charge in [-0.1, -0.05) is 182 Å². The van der Waals surface area contributed by atoms with Crippen molar-refractivity contribution in [2.75, 3.05) is 4.90 Å². The van der Waals surface area contributed by atoms with Crippen LogP contribution in [0.4, 0.5) is 17.1 Å². The average Bonchev–Trinajstić information content (AvgIpc) is 3.94. The highest BCUT2D eigenvalue weighted by Gasteiger charge is 2.21. The largest absolute Gasteiger partial charge is 0.455 e. The maximum absolute atomic E-state index is 6.44. The van der Waals surface area contributed by atoms with Crippen molar-refractivity contribution in [1.29, 1.82) is 0 Å². The lowest BCUT2D eigenvalue weighted by Crippen LogP contribution is -2.10. The molecule has 2 heterocycles. The number of hydrogen-bond acceptors (Lipinski definition) is 3. The van der Waals surface area contributed by atoms with E-state index in [1.165, 1.54) is 74.7 Å². The van der Waals surface area contributed by atoms with Gasteiger partial charge < -0.3 is 9.32 Å². The molecule has 3 heteroatoms. The van der Waals surface area contributed by atoms with Crippen LogP contribution in [0.15, 0.2) is 229 Å². The van der Waals surface area contributed by atoms with Crippen LogP contribution in [0.3, 0.4) is 0 Å². The van der Waals surface area contributed by atoms with E-state index in [0.29, 0.717) is 0 Å². The van der Waals surface area contributed by atoms with E-state index < -0.39 is 0 Å². The highest BCUT2D eigenvalue weighted by Crippen LogP contribution is 2.48. The van der Waals surface area contributed by atoms with Gasteiger partial charge in [-0.25, -0.2) is 0 Å². The Morgan fingerprint density at radius 2 is 0.905 bits per heavy atom. The Labute approximate surface area is 368 Å². The van der Waals surface area contributed by atoms with Crippen LogP contribution in [0.2, 0.25) is 0 Å². The minimum atomic E-state index is 0.915. The van der Waals surface area contributed by atoms with E-state index in [4.69, 9.17) is 4.42 Å². The van der Waals surface area contributed by atoms with E-state index >= 15 is 0 Å². The van der Waals surface area contributed by atoms with Crippen LogP contribution >= 0.6 is 11.3 Å². The number of rotatable bonds is 6. The number of nitrogens with zero attached hydrogens (tertiary/aromatic N) is 1. The van der Waals surface area contributed by atoms with Crippen LogP contribution < -0.4 is 4.90 Å². The second-order valence-electron chi connectivity index (χ2n) is 16.4. The van der Waals surface area contributed by atoms with Gasteiger partial charge >= 0.3 is 0 Å². The minimum absolute atomic E-state index is 0.915. The van der Waals surface area contributed by atoms with Gasteiger partial charge in [0.1, 0.15) is 11.2 Å². The third-order valence-electron chi connectivity index (χ3n) is 12.8. The van der Waals surface area contributed by atoms with Gasteiger partial charge in [-0.15, -0.1) is 11.3 Å². The van der Waals surface area contributed by atoms with Gasteiger partial charge in [0, 0.05) is 43.2 Å². The third-order valence-corrected chi connectivity index (χ3v) is 14.1. The van der Waals surface area contributed by atoms with Gasteiger partial charge in [-0.3, -0.25) is 0 Å². The maximum Gasteiger partial charge on any atom is 0.143 e. The van der Waals surface area contributed by atoms with E-state index in [1.54, 1.807) is 0 Å². The van der Waals surface area contributed by atoms with Crippen LogP contribution in [0, 0.1) is 0 Å². The van der Waals surface area contributed by atoms with Crippen LogP contribution in [0.1, 0.15) is 0 Å². The van der Waals surface area contributed by atoms with Gasteiger partial charge in [0.15, 0.2) is 0 Å². The molecule has 0 amide bonds. The molecule has 2 nitrogen and oxygen atoms in total. The molecule has 0 radical (unpaired) electrons. The molecule has 0 aliphatic carbocycles. The molecule has 13 aromatic rings. The summed E-state index contributed by atoms with van der Waals surface area (Å²) >= 11 is 1.89. The highest BCUT2D eigenvalue weighted by molar-refractivity contribution is 7.27. The highest BCUT2D eigenvalue weighted by atomic mass is 32.1.